The highest BCUT2D eigenvalue weighted by molar-refractivity contribution is 5.55. The van der Waals surface area contributed by atoms with Gasteiger partial charge >= 0.3 is 0 Å². The second kappa shape index (κ2) is 6.96. The summed E-state index contributed by atoms with van der Waals surface area (Å²) in [5.74, 6) is 0. The van der Waals surface area contributed by atoms with Gasteiger partial charge in [0.1, 0.15) is 0 Å². The number of nitro groups is 1. The van der Waals surface area contributed by atoms with Gasteiger partial charge in [0.25, 0.3) is 5.69 Å². The zero-order valence-electron chi connectivity index (χ0n) is 10.9. The number of anilines is 1. The normalized spacial score (nSPS) is 10.4. The molecule has 1 aromatic carbocycles. The van der Waals surface area contributed by atoms with Gasteiger partial charge in [0.2, 0.25) is 0 Å². The summed E-state index contributed by atoms with van der Waals surface area (Å²) in [5.41, 5.74) is 1.72. The van der Waals surface area contributed by atoms with Gasteiger partial charge in [-0.15, -0.1) is 0 Å². The maximum atomic E-state index is 10.8. The quantitative estimate of drug-likeness (QED) is 0.598. The predicted molar refractivity (Wildman–Crippen MR) is 72.0 cm³/mol. The van der Waals surface area contributed by atoms with Crippen molar-refractivity contribution in [3.8, 4) is 0 Å². The summed E-state index contributed by atoms with van der Waals surface area (Å²) >= 11 is 0. The Labute approximate surface area is 107 Å². The van der Waals surface area contributed by atoms with Crippen molar-refractivity contribution in [2.75, 3.05) is 24.6 Å². The van der Waals surface area contributed by atoms with E-state index in [0.29, 0.717) is 12.1 Å². The molecule has 0 aliphatic heterocycles. The van der Waals surface area contributed by atoms with Crippen LogP contribution >= 0.6 is 0 Å². The maximum absolute atomic E-state index is 10.8. The van der Waals surface area contributed by atoms with Gasteiger partial charge in [-0.3, -0.25) is 10.1 Å². The molecule has 0 aliphatic rings. The Morgan fingerprint density at radius 1 is 1.39 bits per heavy atom. The molecule has 0 unspecified atom stereocenters. The molecule has 0 spiro atoms. The number of unbranched alkanes of at least 4 members (excludes halogenated alkanes) is 1. The Kier molecular flexibility index (Phi) is 5.58. The van der Waals surface area contributed by atoms with Crippen molar-refractivity contribution in [2.24, 2.45) is 0 Å². The third kappa shape index (κ3) is 3.70. The van der Waals surface area contributed by atoms with Crippen LogP contribution in [-0.4, -0.2) is 29.7 Å². The number of aryl methyl sites for hydroxylation is 1. The molecule has 0 bridgehead atoms. The van der Waals surface area contributed by atoms with E-state index in [1.807, 2.05) is 6.07 Å². The average molecular weight is 252 g/mol. The molecule has 5 nitrogen and oxygen atoms in total. The number of aliphatic hydroxyl groups is 1. The third-order valence-corrected chi connectivity index (χ3v) is 2.89. The van der Waals surface area contributed by atoms with E-state index in [4.69, 9.17) is 5.11 Å². The van der Waals surface area contributed by atoms with Crippen molar-refractivity contribution in [3.05, 3.63) is 33.9 Å². The maximum Gasteiger partial charge on any atom is 0.272 e. The smallest absolute Gasteiger partial charge is 0.272 e. The Morgan fingerprint density at radius 2 is 2.11 bits per heavy atom. The lowest BCUT2D eigenvalue weighted by molar-refractivity contribution is -0.385. The molecule has 100 valence electrons. The van der Waals surface area contributed by atoms with Crippen LogP contribution in [0.3, 0.4) is 0 Å². The zero-order valence-corrected chi connectivity index (χ0v) is 10.9. The monoisotopic (exact) mass is 252 g/mol. The molecule has 0 atom stereocenters. The summed E-state index contributed by atoms with van der Waals surface area (Å²) in [7, 11) is 0. The van der Waals surface area contributed by atoms with Crippen LogP contribution in [0, 0.1) is 17.0 Å². The van der Waals surface area contributed by atoms with Crippen molar-refractivity contribution in [2.45, 2.75) is 26.7 Å². The van der Waals surface area contributed by atoms with E-state index in [-0.39, 0.29) is 17.2 Å². The van der Waals surface area contributed by atoms with Gasteiger partial charge in [-0.1, -0.05) is 13.3 Å². The first-order chi connectivity index (χ1) is 8.60. The van der Waals surface area contributed by atoms with E-state index in [1.165, 1.54) is 6.07 Å². The second-order valence-corrected chi connectivity index (χ2v) is 4.29. The topological polar surface area (TPSA) is 66.6 Å². The molecule has 1 rings (SSSR count). The lowest BCUT2D eigenvalue weighted by atomic mass is 10.1. The minimum atomic E-state index is -0.373. The second-order valence-electron chi connectivity index (χ2n) is 4.29. The highest BCUT2D eigenvalue weighted by Gasteiger charge is 2.13. The Hall–Kier alpha value is -1.62. The highest BCUT2D eigenvalue weighted by atomic mass is 16.6. The van der Waals surface area contributed by atoms with Gasteiger partial charge in [0, 0.05) is 30.4 Å². The van der Waals surface area contributed by atoms with E-state index < -0.39 is 0 Å². The molecule has 0 fully saturated rings. The standard InChI is InChI=1S/C13H20N2O3/c1-3-4-7-14(8-9-16)12-5-6-13(15(17)18)11(2)10-12/h5-6,10,16H,3-4,7-9H2,1-2H3. The average Bonchev–Trinajstić information content (AvgIpc) is 2.33. The number of rotatable bonds is 7. The largest absolute Gasteiger partial charge is 0.395 e. The number of nitrogens with zero attached hydrogens (tertiary/aromatic N) is 2. The molecule has 0 radical (unpaired) electrons. The fourth-order valence-electron chi connectivity index (χ4n) is 1.88. The molecule has 18 heavy (non-hydrogen) atoms. The van der Waals surface area contributed by atoms with Crippen LogP contribution in [0.25, 0.3) is 0 Å². The molecular weight excluding hydrogens is 232 g/mol. The predicted octanol–water partition coefficient (Wildman–Crippen LogP) is 2.50. The van der Waals surface area contributed by atoms with Crippen LogP contribution in [0.2, 0.25) is 0 Å². The number of hydrogen-bond donors (Lipinski definition) is 1. The summed E-state index contributed by atoms with van der Waals surface area (Å²) in [6.45, 7) is 5.34. The first-order valence-corrected chi connectivity index (χ1v) is 6.21. The Bertz CT molecular complexity index is 407. The summed E-state index contributed by atoms with van der Waals surface area (Å²) < 4.78 is 0. The molecule has 0 amide bonds. The van der Waals surface area contributed by atoms with Gasteiger partial charge in [-0.2, -0.15) is 0 Å². The van der Waals surface area contributed by atoms with Gasteiger partial charge in [0.05, 0.1) is 11.5 Å². The molecule has 0 saturated heterocycles. The van der Waals surface area contributed by atoms with E-state index in [2.05, 4.69) is 11.8 Å². The van der Waals surface area contributed by atoms with Crippen LogP contribution in [0.5, 0.6) is 0 Å². The van der Waals surface area contributed by atoms with Gasteiger partial charge in [0.15, 0.2) is 0 Å². The van der Waals surface area contributed by atoms with Crippen LogP contribution in [0.1, 0.15) is 25.3 Å². The first kappa shape index (κ1) is 14.4. The minimum absolute atomic E-state index is 0.0831. The Morgan fingerprint density at radius 3 is 2.61 bits per heavy atom. The number of benzene rings is 1. The van der Waals surface area contributed by atoms with E-state index in [9.17, 15) is 10.1 Å². The third-order valence-electron chi connectivity index (χ3n) is 2.89. The summed E-state index contributed by atoms with van der Waals surface area (Å²) in [5, 5.41) is 19.8. The van der Waals surface area contributed by atoms with E-state index in [1.54, 1.807) is 13.0 Å². The molecule has 5 heteroatoms. The zero-order chi connectivity index (χ0) is 13.5. The Balaban J connectivity index is 2.91. The molecule has 1 aromatic rings. The van der Waals surface area contributed by atoms with Crippen LogP contribution in [0.4, 0.5) is 11.4 Å². The lowest BCUT2D eigenvalue weighted by Crippen LogP contribution is -2.27. The number of nitro benzene ring substituents is 1. The van der Waals surface area contributed by atoms with Crippen LogP contribution < -0.4 is 4.90 Å². The fourth-order valence-corrected chi connectivity index (χ4v) is 1.88. The first-order valence-electron chi connectivity index (χ1n) is 6.21. The molecule has 0 aliphatic carbocycles. The summed E-state index contributed by atoms with van der Waals surface area (Å²) in [4.78, 5) is 12.4. The number of hydrogen-bond acceptors (Lipinski definition) is 4. The molecular formula is C13H20N2O3. The lowest BCUT2D eigenvalue weighted by Gasteiger charge is -2.24. The molecule has 0 aromatic heterocycles. The van der Waals surface area contributed by atoms with Gasteiger partial charge in [-0.05, 0) is 25.5 Å². The number of aliphatic hydroxyl groups excluding tert-OH is 1. The summed E-state index contributed by atoms with van der Waals surface area (Å²) in [6.07, 6.45) is 2.12. The minimum Gasteiger partial charge on any atom is -0.395 e. The van der Waals surface area contributed by atoms with Crippen LogP contribution in [0.15, 0.2) is 18.2 Å². The highest BCUT2D eigenvalue weighted by Crippen LogP contribution is 2.24. The molecule has 0 saturated carbocycles. The fraction of sp³-hybridized carbons (Fsp3) is 0.538. The van der Waals surface area contributed by atoms with E-state index in [0.717, 1.165) is 25.1 Å². The van der Waals surface area contributed by atoms with Crippen molar-refractivity contribution >= 4 is 11.4 Å². The molecule has 0 heterocycles. The summed E-state index contributed by atoms with van der Waals surface area (Å²) in [6, 6.07) is 5.08. The van der Waals surface area contributed by atoms with Gasteiger partial charge < -0.3 is 10.0 Å². The SMILES string of the molecule is CCCCN(CCO)c1ccc([N+](=O)[O-])c(C)c1. The van der Waals surface area contributed by atoms with Gasteiger partial charge in [-0.25, -0.2) is 0 Å². The van der Waals surface area contributed by atoms with Crippen molar-refractivity contribution < 1.29 is 10.0 Å². The molecule has 1 N–H and O–H groups in total. The van der Waals surface area contributed by atoms with Crippen molar-refractivity contribution in [1.82, 2.24) is 0 Å². The van der Waals surface area contributed by atoms with Crippen LogP contribution in [-0.2, 0) is 0 Å². The van der Waals surface area contributed by atoms with Crippen molar-refractivity contribution in [1.29, 1.82) is 0 Å². The van der Waals surface area contributed by atoms with Crippen molar-refractivity contribution in [3.63, 3.8) is 0 Å². The van der Waals surface area contributed by atoms with E-state index >= 15 is 0 Å².